The third-order valence-corrected chi connectivity index (χ3v) is 4.27. The molecule has 116 valence electrons. The first-order valence-corrected chi connectivity index (χ1v) is 7.40. The van der Waals surface area contributed by atoms with Crippen LogP contribution in [0.1, 0.15) is 17.4 Å². The van der Waals surface area contributed by atoms with E-state index in [0.717, 1.165) is 10.9 Å². The standard InChI is InChI=1S/C16H19N3O3/c1-11(16(21)22)18-6-8-19(9-7-18)15(20)14-10-12-4-2-3-5-13(12)17-14/h2-5,10-11,17H,6-9H2,1H3,(H,21,22). The normalized spacial score (nSPS) is 17.6. The van der Waals surface area contributed by atoms with Crippen LogP contribution in [0.2, 0.25) is 0 Å². The zero-order valence-corrected chi connectivity index (χ0v) is 12.5. The van der Waals surface area contributed by atoms with Crippen molar-refractivity contribution in [2.75, 3.05) is 26.2 Å². The molecule has 6 heteroatoms. The van der Waals surface area contributed by atoms with Crippen LogP contribution >= 0.6 is 0 Å². The molecule has 1 fully saturated rings. The minimum Gasteiger partial charge on any atom is -0.480 e. The van der Waals surface area contributed by atoms with E-state index in [1.807, 2.05) is 35.2 Å². The van der Waals surface area contributed by atoms with Crippen LogP contribution in [0, 0.1) is 0 Å². The highest BCUT2D eigenvalue weighted by Crippen LogP contribution is 2.17. The Kier molecular flexibility index (Phi) is 3.85. The predicted octanol–water partition coefficient (Wildman–Crippen LogP) is 1.40. The molecule has 1 saturated heterocycles. The molecule has 1 aromatic heterocycles. The minimum atomic E-state index is -0.824. The minimum absolute atomic E-state index is 0.0289. The van der Waals surface area contributed by atoms with E-state index in [0.29, 0.717) is 31.9 Å². The second-order valence-electron chi connectivity index (χ2n) is 5.61. The fourth-order valence-corrected chi connectivity index (χ4v) is 2.83. The first kappa shape index (κ1) is 14.6. The molecular weight excluding hydrogens is 282 g/mol. The number of carbonyl (C=O) groups excluding carboxylic acids is 1. The molecule has 0 bridgehead atoms. The van der Waals surface area contributed by atoms with Crippen molar-refractivity contribution in [2.24, 2.45) is 0 Å². The van der Waals surface area contributed by atoms with Crippen molar-refractivity contribution in [3.05, 3.63) is 36.0 Å². The van der Waals surface area contributed by atoms with Gasteiger partial charge in [-0.05, 0) is 19.1 Å². The number of aliphatic carboxylic acids is 1. The van der Waals surface area contributed by atoms with Gasteiger partial charge in [-0.1, -0.05) is 18.2 Å². The first-order chi connectivity index (χ1) is 10.6. The summed E-state index contributed by atoms with van der Waals surface area (Å²) in [5, 5.41) is 10.1. The third kappa shape index (κ3) is 2.69. The van der Waals surface area contributed by atoms with Gasteiger partial charge in [0.05, 0.1) is 0 Å². The third-order valence-electron chi connectivity index (χ3n) is 4.27. The molecule has 2 aromatic rings. The molecule has 1 aliphatic heterocycles. The number of carboxylic acids is 1. The number of hydrogen-bond donors (Lipinski definition) is 2. The van der Waals surface area contributed by atoms with Crippen LogP contribution in [0.25, 0.3) is 10.9 Å². The van der Waals surface area contributed by atoms with Gasteiger partial charge in [-0.25, -0.2) is 0 Å². The van der Waals surface area contributed by atoms with Gasteiger partial charge in [0.2, 0.25) is 0 Å². The average molecular weight is 301 g/mol. The lowest BCUT2D eigenvalue weighted by molar-refractivity contribution is -0.143. The number of para-hydroxylation sites is 1. The number of amides is 1. The van der Waals surface area contributed by atoms with Crippen LogP contribution in [0.4, 0.5) is 0 Å². The van der Waals surface area contributed by atoms with E-state index in [9.17, 15) is 9.59 Å². The number of rotatable bonds is 3. The van der Waals surface area contributed by atoms with Crippen LogP contribution in [-0.4, -0.2) is 64.0 Å². The summed E-state index contributed by atoms with van der Waals surface area (Å²) in [6.45, 7) is 3.94. The van der Waals surface area contributed by atoms with Gasteiger partial charge in [0, 0.05) is 37.1 Å². The number of hydrogen-bond acceptors (Lipinski definition) is 3. The maximum atomic E-state index is 12.5. The Morgan fingerprint density at radius 2 is 1.86 bits per heavy atom. The summed E-state index contributed by atoms with van der Waals surface area (Å²) in [5.74, 6) is -0.853. The Morgan fingerprint density at radius 1 is 1.18 bits per heavy atom. The highest BCUT2D eigenvalue weighted by atomic mass is 16.4. The topological polar surface area (TPSA) is 76.6 Å². The largest absolute Gasteiger partial charge is 0.480 e. The summed E-state index contributed by atoms with van der Waals surface area (Å²) in [4.78, 5) is 30.4. The molecule has 0 spiro atoms. The number of nitrogens with one attached hydrogen (secondary N) is 1. The van der Waals surface area contributed by atoms with E-state index in [4.69, 9.17) is 5.11 Å². The number of benzene rings is 1. The van der Waals surface area contributed by atoms with Gasteiger partial charge in [-0.15, -0.1) is 0 Å². The number of fused-ring (bicyclic) bond motifs is 1. The SMILES string of the molecule is CC(C(=O)O)N1CCN(C(=O)c2cc3ccccc3[nH]2)CC1. The molecule has 1 atom stereocenters. The molecule has 0 radical (unpaired) electrons. The number of piperazine rings is 1. The molecular formula is C16H19N3O3. The highest BCUT2D eigenvalue weighted by Gasteiger charge is 2.28. The molecule has 2 heterocycles. The number of carboxylic acid groups (broad SMARTS) is 1. The van der Waals surface area contributed by atoms with E-state index in [1.54, 1.807) is 11.8 Å². The zero-order valence-electron chi connectivity index (χ0n) is 12.5. The first-order valence-electron chi connectivity index (χ1n) is 7.40. The summed E-state index contributed by atoms with van der Waals surface area (Å²) < 4.78 is 0. The molecule has 3 rings (SSSR count). The van der Waals surface area contributed by atoms with E-state index in [1.165, 1.54) is 0 Å². The van der Waals surface area contributed by atoms with Crippen molar-refractivity contribution in [3.8, 4) is 0 Å². The number of H-pyrrole nitrogens is 1. The second-order valence-corrected chi connectivity index (χ2v) is 5.61. The molecule has 1 amide bonds. The zero-order chi connectivity index (χ0) is 15.7. The Balaban J connectivity index is 1.68. The van der Waals surface area contributed by atoms with Crippen molar-refractivity contribution in [3.63, 3.8) is 0 Å². The van der Waals surface area contributed by atoms with Gasteiger partial charge in [-0.3, -0.25) is 14.5 Å². The van der Waals surface area contributed by atoms with Crippen molar-refractivity contribution < 1.29 is 14.7 Å². The lowest BCUT2D eigenvalue weighted by Crippen LogP contribution is -2.53. The molecule has 6 nitrogen and oxygen atoms in total. The van der Waals surface area contributed by atoms with Gasteiger partial charge >= 0.3 is 5.97 Å². The van der Waals surface area contributed by atoms with Gasteiger partial charge in [0.15, 0.2) is 0 Å². The Morgan fingerprint density at radius 3 is 2.50 bits per heavy atom. The van der Waals surface area contributed by atoms with Crippen LogP contribution in [0.5, 0.6) is 0 Å². The van der Waals surface area contributed by atoms with Gasteiger partial charge in [-0.2, -0.15) is 0 Å². The fraction of sp³-hybridized carbons (Fsp3) is 0.375. The maximum Gasteiger partial charge on any atom is 0.320 e. The lowest BCUT2D eigenvalue weighted by atomic mass is 10.2. The molecule has 2 N–H and O–H groups in total. The number of aromatic amines is 1. The molecule has 1 unspecified atom stereocenters. The van der Waals surface area contributed by atoms with E-state index in [2.05, 4.69) is 4.98 Å². The van der Waals surface area contributed by atoms with Crippen LogP contribution in [-0.2, 0) is 4.79 Å². The molecule has 1 aliphatic rings. The Labute approximate surface area is 128 Å². The quantitative estimate of drug-likeness (QED) is 0.898. The lowest BCUT2D eigenvalue weighted by Gasteiger charge is -2.36. The number of carbonyl (C=O) groups is 2. The van der Waals surface area contributed by atoms with E-state index in [-0.39, 0.29) is 5.91 Å². The van der Waals surface area contributed by atoms with Crippen molar-refractivity contribution in [2.45, 2.75) is 13.0 Å². The van der Waals surface area contributed by atoms with Crippen LogP contribution in [0.15, 0.2) is 30.3 Å². The van der Waals surface area contributed by atoms with Crippen LogP contribution in [0.3, 0.4) is 0 Å². The van der Waals surface area contributed by atoms with Gasteiger partial charge in [0.1, 0.15) is 11.7 Å². The number of nitrogens with zero attached hydrogens (tertiary/aromatic N) is 2. The number of aromatic nitrogens is 1. The van der Waals surface area contributed by atoms with E-state index >= 15 is 0 Å². The van der Waals surface area contributed by atoms with Crippen molar-refractivity contribution in [1.82, 2.24) is 14.8 Å². The van der Waals surface area contributed by atoms with Crippen molar-refractivity contribution >= 4 is 22.8 Å². The maximum absolute atomic E-state index is 12.5. The summed E-state index contributed by atoms with van der Waals surface area (Å²) in [6.07, 6.45) is 0. The summed E-state index contributed by atoms with van der Waals surface area (Å²) in [5.41, 5.74) is 1.53. The molecule has 0 saturated carbocycles. The Hall–Kier alpha value is -2.34. The predicted molar refractivity (Wildman–Crippen MR) is 82.9 cm³/mol. The second kappa shape index (κ2) is 5.81. The molecule has 0 aliphatic carbocycles. The summed E-state index contributed by atoms with van der Waals surface area (Å²) in [7, 11) is 0. The molecule has 22 heavy (non-hydrogen) atoms. The van der Waals surface area contributed by atoms with Gasteiger partial charge in [0.25, 0.3) is 5.91 Å². The van der Waals surface area contributed by atoms with E-state index < -0.39 is 12.0 Å². The fourth-order valence-electron chi connectivity index (χ4n) is 2.83. The van der Waals surface area contributed by atoms with Gasteiger partial charge < -0.3 is 15.0 Å². The monoisotopic (exact) mass is 301 g/mol. The Bertz CT molecular complexity index is 668. The van der Waals surface area contributed by atoms with Crippen LogP contribution < -0.4 is 0 Å². The summed E-state index contributed by atoms with van der Waals surface area (Å²) in [6, 6.07) is 9.14. The molecule has 1 aromatic carbocycles. The highest BCUT2D eigenvalue weighted by molar-refractivity contribution is 5.98. The summed E-state index contributed by atoms with van der Waals surface area (Å²) >= 11 is 0. The van der Waals surface area contributed by atoms with Crippen molar-refractivity contribution in [1.29, 1.82) is 0 Å². The average Bonchev–Trinajstić information content (AvgIpc) is 2.97. The smallest absolute Gasteiger partial charge is 0.320 e.